The van der Waals surface area contributed by atoms with E-state index in [9.17, 15) is 13.2 Å². The summed E-state index contributed by atoms with van der Waals surface area (Å²) in [7, 11) is -3.30. The van der Waals surface area contributed by atoms with Crippen molar-refractivity contribution in [1.29, 1.82) is 0 Å². The van der Waals surface area contributed by atoms with E-state index in [0.717, 1.165) is 37.9 Å². The van der Waals surface area contributed by atoms with Crippen LogP contribution in [0.25, 0.3) is 0 Å². The van der Waals surface area contributed by atoms with Gasteiger partial charge in [-0.3, -0.25) is 4.79 Å². The van der Waals surface area contributed by atoms with E-state index >= 15 is 0 Å². The highest BCUT2D eigenvalue weighted by atomic mass is 32.2. The number of amides is 1. The summed E-state index contributed by atoms with van der Waals surface area (Å²) in [5.74, 6) is 0.570. The minimum atomic E-state index is -3.30. The molecule has 2 heterocycles. The van der Waals surface area contributed by atoms with Crippen LogP contribution in [0.4, 0.5) is 5.69 Å². The number of carbonyl (C=O) groups is 1. The maximum absolute atomic E-state index is 12.9. The second kappa shape index (κ2) is 8.82. The Bertz CT molecular complexity index is 776. The zero-order valence-corrected chi connectivity index (χ0v) is 17.9. The minimum Gasteiger partial charge on any atom is -0.491 e. The standard InChI is InChI=1S/C21H32N2O4S/c1-4-5-14-28(25,26)23-17-8-12-19(20(23)13-9-17)21(24)22-16-6-10-18(11-7-16)27-15(2)3/h6-7,10-11,15,17,19-20H,4-5,8-9,12-14H2,1-3H3,(H,22,24)/t17-,19-,20-/m1/s1. The molecule has 28 heavy (non-hydrogen) atoms. The molecule has 0 spiro atoms. The van der Waals surface area contributed by atoms with Crippen molar-refractivity contribution >= 4 is 21.6 Å². The van der Waals surface area contributed by atoms with Crippen molar-refractivity contribution in [3.63, 3.8) is 0 Å². The normalized spacial score (nSPS) is 25.1. The van der Waals surface area contributed by atoms with Gasteiger partial charge in [0.15, 0.2) is 0 Å². The van der Waals surface area contributed by atoms with Crippen LogP contribution >= 0.6 is 0 Å². The second-order valence-electron chi connectivity index (χ2n) is 8.16. The van der Waals surface area contributed by atoms with Crippen molar-refractivity contribution in [2.75, 3.05) is 11.1 Å². The van der Waals surface area contributed by atoms with Gasteiger partial charge in [0.05, 0.1) is 17.8 Å². The molecule has 2 aliphatic heterocycles. The number of ether oxygens (including phenoxy) is 1. The Hall–Kier alpha value is -1.60. The van der Waals surface area contributed by atoms with E-state index < -0.39 is 10.0 Å². The van der Waals surface area contributed by atoms with Gasteiger partial charge in [-0.1, -0.05) is 13.3 Å². The molecular weight excluding hydrogens is 376 g/mol. The summed E-state index contributed by atoms with van der Waals surface area (Å²) in [6, 6.07) is 7.19. The van der Waals surface area contributed by atoms with E-state index in [2.05, 4.69) is 5.32 Å². The SMILES string of the molecule is CCCCS(=O)(=O)N1[C@H]2CC[C@@H]1[C@H](C(=O)Nc1ccc(OC(C)C)cc1)CC2. The van der Waals surface area contributed by atoms with Crippen molar-refractivity contribution in [1.82, 2.24) is 4.31 Å². The first-order chi connectivity index (χ1) is 13.3. The van der Waals surface area contributed by atoms with Gasteiger partial charge in [0, 0.05) is 17.8 Å². The van der Waals surface area contributed by atoms with Crippen LogP contribution in [0, 0.1) is 5.92 Å². The van der Waals surface area contributed by atoms with Crippen LogP contribution in [-0.4, -0.2) is 42.6 Å². The van der Waals surface area contributed by atoms with Crippen LogP contribution in [0.15, 0.2) is 24.3 Å². The van der Waals surface area contributed by atoms with Gasteiger partial charge in [-0.2, -0.15) is 4.31 Å². The third-order valence-corrected chi connectivity index (χ3v) is 7.68. The summed E-state index contributed by atoms with van der Waals surface area (Å²) in [4.78, 5) is 12.9. The predicted octanol–water partition coefficient (Wildman–Crippen LogP) is 3.79. The summed E-state index contributed by atoms with van der Waals surface area (Å²) in [6.07, 6.45) is 4.76. The van der Waals surface area contributed by atoms with Gasteiger partial charge in [0.1, 0.15) is 5.75 Å². The number of fused-ring (bicyclic) bond motifs is 2. The number of hydrogen-bond donors (Lipinski definition) is 1. The quantitative estimate of drug-likeness (QED) is 0.710. The Morgan fingerprint density at radius 1 is 1.18 bits per heavy atom. The van der Waals surface area contributed by atoms with Gasteiger partial charge in [0.25, 0.3) is 0 Å². The second-order valence-corrected chi connectivity index (χ2v) is 10.2. The molecule has 1 aromatic carbocycles. The molecule has 0 aliphatic carbocycles. The number of sulfonamides is 1. The zero-order chi connectivity index (χ0) is 20.3. The fourth-order valence-electron chi connectivity index (χ4n) is 4.40. The lowest BCUT2D eigenvalue weighted by molar-refractivity contribution is -0.122. The lowest BCUT2D eigenvalue weighted by atomic mass is 9.91. The largest absolute Gasteiger partial charge is 0.491 e. The van der Waals surface area contributed by atoms with Crippen molar-refractivity contribution in [3.8, 4) is 5.75 Å². The van der Waals surface area contributed by atoms with E-state index in [1.165, 1.54) is 0 Å². The Balaban J connectivity index is 1.68. The van der Waals surface area contributed by atoms with Gasteiger partial charge in [0.2, 0.25) is 15.9 Å². The van der Waals surface area contributed by atoms with Crippen LogP contribution in [0.3, 0.4) is 0 Å². The molecule has 2 aliphatic rings. The fraction of sp³-hybridized carbons (Fsp3) is 0.667. The smallest absolute Gasteiger partial charge is 0.229 e. The molecule has 3 rings (SSSR count). The van der Waals surface area contributed by atoms with Gasteiger partial charge in [-0.15, -0.1) is 0 Å². The number of piperidine rings is 1. The number of nitrogens with one attached hydrogen (secondary N) is 1. The molecule has 7 heteroatoms. The molecule has 0 saturated carbocycles. The topological polar surface area (TPSA) is 75.7 Å². The molecule has 0 aromatic heterocycles. The molecule has 2 fully saturated rings. The Morgan fingerprint density at radius 3 is 2.50 bits per heavy atom. The molecule has 0 unspecified atom stereocenters. The molecule has 2 bridgehead atoms. The van der Waals surface area contributed by atoms with Crippen LogP contribution in [0.2, 0.25) is 0 Å². The van der Waals surface area contributed by atoms with Gasteiger partial charge in [-0.25, -0.2) is 8.42 Å². The van der Waals surface area contributed by atoms with Crippen LogP contribution in [-0.2, 0) is 14.8 Å². The third kappa shape index (κ3) is 4.69. The maximum atomic E-state index is 12.9. The first-order valence-corrected chi connectivity index (χ1v) is 12.0. The number of unbranched alkanes of at least 4 members (excludes halogenated alkanes) is 1. The number of hydrogen-bond acceptors (Lipinski definition) is 4. The number of rotatable bonds is 8. The van der Waals surface area contributed by atoms with E-state index in [0.29, 0.717) is 12.1 Å². The van der Waals surface area contributed by atoms with Gasteiger partial charge >= 0.3 is 0 Å². The Kier molecular flexibility index (Phi) is 6.65. The molecule has 1 aromatic rings. The lowest BCUT2D eigenvalue weighted by Crippen LogP contribution is -2.51. The van der Waals surface area contributed by atoms with Crippen LogP contribution in [0.5, 0.6) is 5.75 Å². The van der Waals surface area contributed by atoms with Crippen molar-refractivity contribution < 1.29 is 17.9 Å². The van der Waals surface area contributed by atoms with Crippen LogP contribution < -0.4 is 10.1 Å². The summed E-state index contributed by atoms with van der Waals surface area (Å²) in [6.45, 7) is 5.93. The van der Waals surface area contributed by atoms with Gasteiger partial charge in [-0.05, 0) is 70.2 Å². The van der Waals surface area contributed by atoms with Gasteiger partial charge < -0.3 is 10.1 Å². The zero-order valence-electron chi connectivity index (χ0n) is 17.1. The molecule has 1 amide bonds. The summed E-state index contributed by atoms with van der Waals surface area (Å²) in [5, 5.41) is 2.97. The van der Waals surface area contributed by atoms with Crippen molar-refractivity contribution in [2.45, 2.75) is 77.5 Å². The third-order valence-electron chi connectivity index (χ3n) is 5.67. The van der Waals surface area contributed by atoms with E-state index in [-0.39, 0.29) is 35.8 Å². The number of carbonyl (C=O) groups excluding carboxylic acids is 1. The molecule has 0 radical (unpaired) electrons. The van der Waals surface area contributed by atoms with E-state index in [1.807, 2.05) is 45.0 Å². The number of anilines is 1. The number of benzene rings is 1. The maximum Gasteiger partial charge on any atom is 0.229 e. The Labute approximate surface area is 168 Å². The van der Waals surface area contributed by atoms with E-state index in [1.54, 1.807) is 4.31 Å². The molecule has 156 valence electrons. The highest BCUT2D eigenvalue weighted by molar-refractivity contribution is 7.89. The molecular formula is C21H32N2O4S. The average Bonchev–Trinajstić information content (AvgIpc) is 2.96. The van der Waals surface area contributed by atoms with E-state index in [4.69, 9.17) is 4.74 Å². The van der Waals surface area contributed by atoms with Crippen molar-refractivity contribution in [3.05, 3.63) is 24.3 Å². The molecule has 1 N–H and O–H groups in total. The summed E-state index contributed by atoms with van der Waals surface area (Å²) >= 11 is 0. The molecule has 6 nitrogen and oxygen atoms in total. The molecule has 2 saturated heterocycles. The lowest BCUT2D eigenvalue weighted by Gasteiger charge is -2.38. The minimum absolute atomic E-state index is 0.0726. The predicted molar refractivity (Wildman–Crippen MR) is 111 cm³/mol. The first kappa shape index (κ1) is 21.1. The summed E-state index contributed by atoms with van der Waals surface area (Å²) in [5.41, 5.74) is 0.710. The highest BCUT2D eigenvalue weighted by Gasteiger charge is 2.49. The summed E-state index contributed by atoms with van der Waals surface area (Å²) < 4.78 is 33.0. The Morgan fingerprint density at radius 2 is 1.86 bits per heavy atom. The monoisotopic (exact) mass is 408 g/mol. The first-order valence-electron chi connectivity index (χ1n) is 10.4. The average molecular weight is 409 g/mol. The highest BCUT2D eigenvalue weighted by Crippen LogP contribution is 2.41. The van der Waals surface area contributed by atoms with Crippen LogP contribution in [0.1, 0.15) is 59.3 Å². The van der Waals surface area contributed by atoms with Crippen molar-refractivity contribution in [2.24, 2.45) is 5.92 Å². The fourth-order valence-corrected chi connectivity index (χ4v) is 6.59. The number of nitrogens with zero attached hydrogens (tertiary/aromatic N) is 1. The molecule has 3 atom stereocenters.